The van der Waals surface area contributed by atoms with E-state index in [2.05, 4.69) is 33.6 Å². The second kappa shape index (κ2) is 8.78. The lowest BCUT2D eigenvalue weighted by atomic mass is 10.1. The van der Waals surface area contributed by atoms with Crippen molar-refractivity contribution in [3.63, 3.8) is 0 Å². The van der Waals surface area contributed by atoms with Gasteiger partial charge in [0.05, 0.1) is 6.54 Å². The van der Waals surface area contributed by atoms with Crippen molar-refractivity contribution in [2.75, 3.05) is 36.0 Å². The SMILES string of the molecule is Cc1c(S)cccc1N1CCN(c2nc(C)n(Cc3ccc(C(F)(F)F)s3)c(=O)n2)CC1. The summed E-state index contributed by atoms with van der Waals surface area (Å²) >= 11 is 5.12. The highest BCUT2D eigenvalue weighted by Crippen LogP contribution is 2.34. The average molecular weight is 482 g/mol. The van der Waals surface area contributed by atoms with Gasteiger partial charge in [-0.2, -0.15) is 23.1 Å². The van der Waals surface area contributed by atoms with E-state index in [4.69, 9.17) is 0 Å². The number of thiol groups is 1. The number of benzene rings is 1. The van der Waals surface area contributed by atoms with Gasteiger partial charge in [-0.15, -0.1) is 24.0 Å². The molecular weight excluding hydrogens is 459 g/mol. The Hall–Kier alpha value is -2.53. The van der Waals surface area contributed by atoms with Gasteiger partial charge in [-0.3, -0.25) is 4.57 Å². The molecule has 0 N–H and O–H groups in total. The van der Waals surface area contributed by atoms with Crippen LogP contribution in [0.1, 0.15) is 21.1 Å². The third-order valence-electron chi connectivity index (χ3n) is 5.51. The van der Waals surface area contributed by atoms with Gasteiger partial charge >= 0.3 is 11.9 Å². The third-order valence-corrected chi connectivity index (χ3v) is 7.11. The Balaban J connectivity index is 1.47. The van der Waals surface area contributed by atoms with Crippen LogP contribution in [0.15, 0.2) is 40.0 Å². The molecule has 4 rings (SSSR count). The number of halogens is 3. The molecule has 2 aromatic heterocycles. The Morgan fingerprint density at radius 2 is 1.72 bits per heavy atom. The van der Waals surface area contributed by atoms with Crippen molar-refractivity contribution >= 4 is 35.6 Å². The topological polar surface area (TPSA) is 54.3 Å². The molecule has 1 aromatic carbocycles. The van der Waals surface area contributed by atoms with Crippen molar-refractivity contribution in [1.82, 2.24) is 14.5 Å². The number of rotatable bonds is 4. The fourth-order valence-electron chi connectivity index (χ4n) is 3.71. The van der Waals surface area contributed by atoms with E-state index in [0.717, 1.165) is 35.3 Å². The van der Waals surface area contributed by atoms with Crippen LogP contribution in [0.2, 0.25) is 0 Å². The molecule has 0 unspecified atom stereocenters. The number of piperazine rings is 1. The van der Waals surface area contributed by atoms with E-state index in [1.807, 2.05) is 24.0 Å². The second-order valence-electron chi connectivity index (χ2n) is 7.60. The van der Waals surface area contributed by atoms with E-state index in [1.165, 1.54) is 10.6 Å². The van der Waals surface area contributed by atoms with E-state index in [9.17, 15) is 18.0 Å². The van der Waals surface area contributed by atoms with Crippen molar-refractivity contribution in [3.8, 4) is 0 Å². The molecule has 3 aromatic rings. The Labute approximate surface area is 192 Å². The maximum Gasteiger partial charge on any atom is 0.425 e. The average Bonchev–Trinajstić information content (AvgIpc) is 3.22. The Bertz CT molecular complexity index is 1180. The molecule has 1 aliphatic rings. The lowest BCUT2D eigenvalue weighted by molar-refractivity contribution is -0.134. The van der Waals surface area contributed by atoms with Crippen molar-refractivity contribution < 1.29 is 13.2 Å². The minimum Gasteiger partial charge on any atom is -0.368 e. The predicted octanol–water partition coefficient (Wildman–Crippen LogP) is 4.00. The number of alkyl halides is 3. The summed E-state index contributed by atoms with van der Waals surface area (Å²) in [6.45, 7) is 6.53. The van der Waals surface area contributed by atoms with Crippen LogP contribution < -0.4 is 15.5 Å². The first kappa shape index (κ1) is 22.7. The van der Waals surface area contributed by atoms with Gasteiger partial charge in [-0.05, 0) is 43.7 Å². The number of nitrogens with zero attached hydrogens (tertiary/aromatic N) is 5. The van der Waals surface area contributed by atoms with Gasteiger partial charge in [0.25, 0.3) is 0 Å². The van der Waals surface area contributed by atoms with E-state index in [0.29, 0.717) is 41.1 Å². The molecule has 32 heavy (non-hydrogen) atoms. The molecule has 11 heteroatoms. The zero-order chi connectivity index (χ0) is 23.0. The third kappa shape index (κ3) is 4.63. The molecule has 3 heterocycles. The van der Waals surface area contributed by atoms with Crippen LogP contribution in [0.5, 0.6) is 0 Å². The zero-order valence-electron chi connectivity index (χ0n) is 17.6. The number of aryl methyl sites for hydroxylation is 1. The van der Waals surface area contributed by atoms with Crippen molar-refractivity contribution in [2.45, 2.75) is 31.5 Å². The van der Waals surface area contributed by atoms with Crippen LogP contribution in [-0.2, 0) is 12.7 Å². The minimum absolute atomic E-state index is 0.0127. The van der Waals surface area contributed by atoms with Crippen LogP contribution in [0.25, 0.3) is 0 Å². The largest absolute Gasteiger partial charge is 0.425 e. The van der Waals surface area contributed by atoms with Gasteiger partial charge < -0.3 is 9.80 Å². The molecule has 170 valence electrons. The molecule has 1 fully saturated rings. The first-order valence-electron chi connectivity index (χ1n) is 10.0. The van der Waals surface area contributed by atoms with E-state index < -0.39 is 16.7 Å². The molecule has 0 saturated carbocycles. The summed E-state index contributed by atoms with van der Waals surface area (Å²) < 4.78 is 39.8. The van der Waals surface area contributed by atoms with Crippen LogP contribution in [0.3, 0.4) is 0 Å². The molecule has 0 radical (unpaired) electrons. The molecule has 0 atom stereocenters. The van der Waals surface area contributed by atoms with E-state index in [-0.39, 0.29) is 6.54 Å². The monoisotopic (exact) mass is 481 g/mol. The van der Waals surface area contributed by atoms with Gasteiger partial charge in [0.15, 0.2) is 0 Å². The molecule has 0 aliphatic carbocycles. The molecular formula is C21H22F3N5OS2. The zero-order valence-corrected chi connectivity index (χ0v) is 19.3. The Morgan fingerprint density at radius 1 is 1.03 bits per heavy atom. The molecule has 0 spiro atoms. The lowest BCUT2D eigenvalue weighted by Gasteiger charge is -2.37. The maximum atomic E-state index is 12.8. The number of thiophene rings is 1. The summed E-state index contributed by atoms with van der Waals surface area (Å²) in [5, 5.41) is 0. The smallest absolute Gasteiger partial charge is 0.368 e. The first-order valence-corrected chi connectivity index (χ1v) is 11.3. The van der Waals surface area contributed by atoms with Crippen LogP contribution in [0.4, 0.5) is 24.8 Å². The van der Waals surface area contributed by atoms with E-state index >= 15 is 0 Å². The number of hydrogen-bond acceptors (Lipinski definition) is 7. The van der Waals surface area contributed by atoms with Gasteiger partial charge in [0.2, 0.25) is 5.95 Å². The quantitative estimate of drug-likeness (QED) is 0.571. The van der Waals surface area contributed by atoms with Crippen LogP contribution in [0, 0.1) is 13.8 Å². The molecule has 0 amide bonds. The van der Waals surface area contributed by atoms with Gasteiger partial charge in [-0.1, -0.05) is 6.07 Å². The molecule has 6 nitrogen and oxygen atoms in total. The number of anilines is 2. The summed E-state index contributed by atoms with van der Waals surface area (Å²) in [7, 11) is 0. The maximum absolute atomic E-state index is 12.8. The van der Waals surface area contributed by atoms with Gasteiger partial charge in [0.1, 0.15) is 10.7 Å². The van der Waals surface area contributed by atoms with Gasteiger partial charge in [0, 0.05) is 41.6 Å². The predicted molar refractivity (Wildman–Crippen MR) is 122 cm³/mol. The summed E-state index contributed by atoms with van der Waals surface area (Å²) in [4.78, 5) is 26.1. The van der Waals surface area contributed by atoms with Gasteiger partial charge in [-0.25, -0.2) is 4.79 Å². The number of hydrogen-bond donors (Lipinski definition) is 1. The fourth-order valence-corrected chi connectivity index (χ4v) is 4.78. The van der Waals surface area contributed by atoms with Crippen molar-refractivity contribution in [1.29, 1.82) is 0 Å². The highest BCUT2D eigenvalue weighted by molar-refractivity contribution is 7.80. The fraction of sp³-hybridized carbons (Fsp3) is 0.381. The Morgan fingerprint density at radius 3 is 2.34 bits per heavy atom. The van der Waals surface area contributed by atoms with Crippen molar-refractivity contribution in [3.05, 3.63) is 62.0 Å². The lowest BCUT2D eigenvalue weighted by Crippen LogP contribution is -2.48. The molecule has 1 aliphatic heterocycles. The van der Waals surface area contributed by atoms with Crippen LogP contribution >= 0.6 is 24.0 Å². The van der Waals surface area contributed by atoms with E-state index in [1.54, 1.807) is 6.92 Å². The number of aromatic nitrogens is 3. The van der Waals surface area contributed by atoms with Crippen LogP contribution in [-0.4, -0.2) is 40.7 Å². The Kier molecular flexibility index (Phi) is 6.22. The molecule has 1 saturated heterocycles. The highest BCUT2D eigenvalue weighted by atomic mass is 32.1. The molecule has 0 bridgehead atoms. The summed E-state index contributed by atoms with van der Waals surface area (Å²) in [6, 6.07) is 8.42. The normalized spacial score (nSPS) is 14.8. The second-order valence-corrected chi connectivity index (χ2v) is 9.25. The summed E-state index contributed by atoms with van der Waals surface area (Å²) in [5.41, 5.74) is 1.75. The highest BCUT2D eigenvalue weighted by Gasteiger charge is 2.32. The summed E-state index contributed by atoms with van der Waals surface area (Å²) in [5.74, 6) is 0.772. The van der Waals surface area contributed by atoms with Crippen molar-refractivity contribution in [2.24, 2.45) is 0 Å². The standard InChI is InChI=1S/C21H22F3N5OS2/c1-13-16(4-3-5-17(13)31)27-8-10-28(11-9-27)19-25-14(2)29(20(30)26-19)12-15-6-7-18(32-15)21(22,23)24/h3-7,31H,8-12H2,1-2H3. The minimum atomic E-state index is -4.39. The first-order chi connectivity index (χ1) is 15.1. The summed E-state index contributed by atoms with van der Waals surface area (Å²) in [6.07, 6.45) is -4.39.